The molecule has 1 rings (SSSR count). The van der Waals surface area contributed by atoms with Gasteiger partial charge in [-0.1, -0.05) is 41.5 Å². The van der Waals surface area contributed by atoms with Crippen LogP contribution in [0.4, 0.5) is 0 Å². The summed E-state index contributed by atoms with van der Waals surface area (Å²) in [4.78, 5) is 22.5. The van der Waals surface area contributed by atoms with E-state index in [4.69, 9.17) is 0 Å². The van der Waals surface area contributed by atoms with E-state index in [2.05, 4.69) is 0 Å². The van der Waals surface area contributed by atoms with Crippen LogP contribution < -0.4 is 0 Å². The minimum Gasteiger partial charge on any atom is -0.291 e. The Morgan fingerprint density at radius 3 is 1.54 bits per heavy atom. The fourth-order valence-corrected chi connectivity index (χ4v) is 1.58. The quantitative estimate of drug-likeness (QED) is 0.542. The molecular formula is C11H20O2. The maximum absolute atomic E-state index is 11.3. The van der Waals surface area contributed by atoms with Crippen LogP contribution in [-0.2, 0) is 9.59 Å². The summed E-state index contributed by atoms with van der Waals surface area (Å²) in [6.45, 7) is 11.5. The number of hydrogen-bond donors (Lipinski definition) is 0. The van der Waals surface area contributed by atoms with Gasteiger partial charge in [-0.3, -0.25) is 9.59 Å². The summed E-state index contributed by atoms with van der Waals surface area (Å²) in [5, 5.41) is 0. The average molecular weight is 184 g/mol. The van der Waals surface area contributed by atoms with Crippen molar-refractivity contribution < 1.29 is 9.59 Å². The number of carbonyl (C=O) groups is 2. The van der Waals surface area contributed by atoms with Crippen LogP contribution in [-0.4, -0.2) is 11.6 Å². The van der Waals surface area contributed by atoms with Crippen molar-refractivity contribution in [2.45, 2.75) is 41.5 Å². The standard InChI is InChI=1S/C9H14O2.C2H6/c1-5-6(2)9(3,4)8(11)7(5)10;1-2/h5-6H,1-4H3;1-2H3. The lowest BCUT2D eigenvalue weighted by Crippen LogP contribution is -2.25. The van der Waals surface area contributed by atoms with Crippen molar-refractivity contribution >= 4 is 11.6 Å². The van der Waals surface area contributed by atoms with Crippen LogP contribution in [0.2, 0.25) is 0 Å². The van der Waals surface area contributed by atoms with Gasteiger partial charge in [-0.2, -0.15) is 0 Å². The molecular weight excluding hydrogens is 164 g/mol. The van der Waals surface area contributed by atoms with Crippen molar-refractivity contribution in [1.82, 2.24) is 0 Å². The Hall–Kier alpha value is -0.660. The SMILES string of the molecule is CC.CC1C(=O)C(=O)C(C)(C)C1C. The Kier molecular flexibility index (Phi) is 3.83. The Morgan fingerprint density at radius 2 is 1.46 bits per heavy atom. The molecule has 1 saturated carbocycles. The van der Waals surface area contributed by atoms with E-state index < -0.39 is 5.41 Å². The van der Waals surface area contributed by atoms with Gasteiger partial charge in [-0.05, 0) is 5.92 Å². The molecule has 1 aliphatic rings. The molecule has 1 fully saturated rings. The topological polar surface area (TPSA) is 34.1 Å². The van der Waals surface area contributed by atoms with Gasteiger partial charge in [0.25, 0.3) is 0 Å². The number of Topliss-reactive ketones (excluding diaryl/α,β-unsaturated/α-hetero) is 2. The fraction of sp³-hybridized carbons (Fsp3) is 0.818. The molecule has 0 amide bonds. The first-order chi connectivity index (χ1) is 5.89. The van der Waals surface area contributed by atoms with Gasteiger partial charge in [0.05, 0.1) is 0 Å². The highest BCUT2D eigenvalue weighted by atomic mass is 16.2. The number of rotatable bonds is 0. The largest absolute Gasteiger partial charge is 0.291 e. The zero-order valence-electron chi connectivity index (χ0n) is 9.47. The van der Waals surface area contributed by atoms with E-state index in [1.807, 2.05) is 41.5 Å². The molecule has 2 atom stereocenters. The van der Waals surface area contributed by atoms with Crippen molar-refractivity contribution in [3.63, 3.8) is 0 Å². The molecule has 13 heavy (non-hydrogen) atoms. The smallest absolute Gasteiger partial charge is 0.204 e. The van der Waals surface area contributed by atoms with Gasteiger partial charge in [-0.25, -0.2) is 0 Å². The zero-order chi connectivity index (χ0) is 10.8. The third kappa shape index (κ3) is 1.82. The lowest BCUT2D eigenvalue weighted by Gasteiger charge is -2.21. The highest BCUT2D eigenvalue weighted by molar-refractivity contribution is 6.41. The third-order valence-corrected chi connectivity index (χ3v) is 3.11. The van der Waals surface area contributed by atoms with E-state index in [1.54, 1.807) is 0 Å². The monoisotopic (exact) mass is 184 g/mol. The van der Waals surface area contributed by atoms with E-state index >= 15 is 0 Å². The molecule has 0 bridgehead atoms. The summed E-state index contributed by atoms with van der Waals surface area (Å²) in [7, 11) is 0. The number of carbonyl (C=O) groups excluding carboxylic acids is 2. The summed E-state index contributed by atoms with van der Waals surface area (Å²) >= 11 is 0. The molecule has 0 spiro atoms. The van der Waals surface area contributed by atoms with E-state index in [0.29, 0.717) is 0 Å². The van der Waals surface area contributed by atoms with Crippen LogP contribution >= 0.6 is 0 Å². The Bertz CT molecular complexity index is 216. The van der Waals surface area contributed by atoms with E-state index in [1.165, 1.54) is 0 Å². The molecule has 0 aliphatic heterocycles. The average Bonchev–Trinajstić information content (AvgIpc) is 2.25. The molecule has 2 nitrogen and oxygen atoms in total. The second-order valence-electron chi connectivity index (χ2n) is 3.99. The van der Waals surface area contributed by atoms with Gasteiger partial charge < -0.3 is 0 Å². The predicted molar refractivity (Wildman–Crippen MR) is 53.5 cm³/mol. The minimum absolute atomic E-state index is 0.0856. The third-order valence-electron chi connectivity index (χ3n) is 3.11. The second-order valence-corrected chi connectivity index (χ2v) is 3.99. The summed E-state index contributed by atoms with van der Waals surface area (Å²) in [5.74, 6) is -0.292. The molecule has 0 radical (unpaired) electrons. The van der Waals surface area contributed by atoms with E-state index in [0.717, 1.165) is 0 Å². The summed E-state index contributed by atoms with van der Waals surface area (Å²) in [6, 6.07) is 0. The minimum atomic E-state index is -0.434. The first kappa shape index (κ1) is 12.3. The van der Waals surface area contributed by atoms with Crippen LogP contribution in [0.5, 0.6) is 0 Å². The van der Waals surface area contributed by atoms with Gasteiger partial charge >= 0.3 is 0 Å². The lowest BCUT2D eigenvalue weighted by molar-refractivity contribution is -0.138. The highest BCUT2D eigenvalue weighted by Crippen LogP contribution is 2.40. The maximum Gasteiger partial charge on any atom is 0.204 e. The molecule has 1 aliphatic carbocycles. The normalized spacial score (nSPS) is 31.2. The van der Waals surface area contributed by atoms with Gasteiger partial charge in [0.15, 0.2) is 0 Å². The molecule has 2 unspecified atom stereocenters. The molecule has 0 aromatic rings. The number of hydrogen-bond acceptors (Lipinski definition) is 2. The first-order valence-electron chi connectivity index (χ1n) is 4.97. The van der Waals surface area contributed by atoms with Crippen LogP contribution in [0, 0.1) is 17.3 Å². The van der Waals surface area contributed by atoms with Crippen LogP contribution in [0.15, 0.2) is 0 Å². The van der Waals surface area contributed by atoms with E-state index in [9.17, 15) is 9.59 Å². The molecule has 0 heterocycles. The van der Waals surface area contributed by atoms with Crippen molar-refractivity contribution in [2.75, 3.05) is 0 Å². The maximum atomic E-state index is 11.3. The van der Waals surface area contributed by atoms with Crippen molar-refractivity contribution in [3.05, 3.63) is 0 Å². The predicted octanol–water partition coefficient (Wildman–Crippen LogP) is 2.46. The molecule has 0 aromatic heterocycles. The summed E-state index contributed by atoms with van der Waals surface area (Å²) < 4.78 is 0. The highest BCUT2D eigenvalue weighted by Gasteiger charge is 2.50. The van der Waals surface area contributed by atoms with E-state index in [-0.39, 0.29) is 23.4 Å². The molecule has 0 saturated heterocycles. The van der Waals surface area contributed by atoms with Gasteiger partial charge in [-0.15, -0.1) is 0 Å². The van der Waals surface area contributed by atoms with Gasteiger partial charge in [0, 0.05) is 11.3 Å². The Morgan fingerprint density at radius 1 is 1.08 bits per heavy atom. The van der Waals surface area contributed by atoms with Crippen molar-refractivity contribution in [2.24, 2.45) is 17.3 Å². The van der Waals surface area contributed by atoms with Crippen molar-refractivity contribution in [1.29, 1.82) is 0 Å². The van der Waals surface area contributed by atoms with Crippen LogP contribution in [0.3, 0.4) is 0 Å². The Labute approximate surface area is 80.7 Å². The summed E-state index contributed by atoms with van der Waals surface area (Å²) in [5.41, 5.74) is -0.434. The zero-order valence-corrected chi connectivity index (χ0v) is 9.47. The van der Waals surface area contributed by atoms with Crippen LogP contribution in [0.25, 0.3) is 0 Å². The fourth-order valence-electron chi connectivity index (χ4n) is 1.58. The van der Waals surface area contributed by atoms with Gasteiger partial charge in [0.1, 0.15) is 0 Å². The Balaban J connectivity index is 0.000000671. The molecule has 76 valence electrons. The second kappa shape index (κ2) is 4.03. The molecule has 0 aromatic carbocycles. The molecule has 2 heteroatoms. The van der Waals surface area contributed by atoms with Crippen LogP contribution in [0.1, 0.15) is 41.5 Å². The lowest BCUT2D eigenvalue weighted by atomic mass is 9.80. The number of ketones is 2. The first-order valence-corrected chi connectivity index (χ1v) is 4.97. The van der Waals surface area contributed by atoms with Crippen molar-refractivity contribution in [3.8, 4) is 0 Å². The molecule has 0 N–H and O–H groups in total. The van der Waals surface area contributed by atoms with Gasteiger partial charge in [0.2, 0.25) is 11.6 Å². The summed E-state index contributed by atoms with van der Waals surface area (Å²) in [6.07, 6.45) is 0.